The van der Waals surface area contributed by atoms with Gasteiger partial charge in [-0.25, -0.2) is 4.79 Å². The summed E-state index contributed by atoms with van der Waals surface area (Å²) in [6.45, 7) is 1.83. The van der Waals surface area contributed by atoms with E-state index in [2.05, 4.69) is 17.5 Å². The van der Waals surface area contributed by atoms with Crippen molar-refractivity contribution in [1.29, 1.82) is 0 Å². The Bertz CT molecular complexity index is 1230. The van der Waals surface area contributed by atoms with Crippen LogP contribution in [0.2, 0.25) is 0 Å². The number of rotatable bonds is 6. The summed E-state index contributed by atoms with van der Waals surface area (Å²) in [5.41, 5.74) is 5.62. The third kappa shape index (κ3) is 5.53. The van der Waals surface area contributed by atoms with E-state index in [9.17, 15) is 35.4 Å². The minimum Gasteiger partial charge on any atom is -0.458 e. The summed E-state index contributed by atoms with van der Waals surface area (Å²) in [6, 6.07) is 0. The Balaban J connectivity index is 0.00000400. The molecular weight excluding hydrogens is 693 g/mol. The van der Waals surface area contributed by atoms with E-state index in [0.717, 1.165) is 18.4 Å². The molecule has 253 valence electrons. The fraction of sp³-hybridized carbons (Fsp3) is 0.833. The standard InChI is InChI=1S/C30H45N3O10S.Tc/c1-27-6-3-18-19(30(27,40)9-5-17(27)15-10-21(35)41-13-15)4-8-29(39)11-16(2-7-28(18,29)14-32-33-26(31)44)42-25-24(38)23(37)22(36)20(12-34)43-25;/h10,14,16-20,22-25,34,36-40H,2-9,11-13H2,1H3,(H3,31,33,44);/b32-14+;/t16-,17+,18-,19+,20+,22+,23-,24+,25-,27+,28-,29-,30-;/m0./s1/i;1+1. The van der Waals surface area contributed by atoms with E-state index in [4.69, 9.17) is 32.2 Å². The molecule has 1 saturated heterocycles. The Morgan fingerprint density at radius 3 is 2.51 bits per heavy atom. The summed E-state index contributed by atoms with van der Waals surface area (Å²) in [5.74, 6) is -0.564. The zero-order valence-corrected chi connectivity index (χ0v) is 27.9. The molecule has 0 unspecified atom stereocenters. The van der Waals surface area contributed by atoms with Crippen molar-refractivity contribution in [2.45, 2.75) is 113 Å². The summed E-state index contributed by atoms with van der Waals surface area (Å²) in [4.78, 5) is 11.9. The van der Waals surface area contributed by atoms with Gasteiger partial charge in [0.15, 0.2) is 11.4 Å². The summed E-state index contributed by atoms with van der Waals surface area (Å²) in [7, 11) is 0. The summed E-state index contributed by atoms with van der Waals surface area (Å²) in [5, 5.41) is 70.0. The number of hydrogen-bond donors (Lipinski definition) is 8. The van der Waals surface area contributed by atoms with E-state index in [1.807, 2.05) is 0 Å². The molecule has 9 N–H and O–H groups in total. The van der Waals surface area contributed by atoms with Crippen LogP contribution in [0.15, 0.2) is 16.8 Å². The van der Waals surface area contributed by atoms with Crippen molar-refractivity contribution < 1.29 is 69.7 Å². The number of aliphatic hydroxyl groups excluding tert-OH is 4. The summed E-state index contributed by atoms with van der Waals surface area (Å²) in [6.07, 6.45) is 0.466. The summed E-state index contributed by atoms with van der Waals surface area (Å²) >= 11 is 4.97. The number of nitrogens with zero attached hydrogens (tertiary/aromatic N) is 1. The molecule has 5 fully saturated rings. The smallest absolute Gasteiger partial charge is 0.331 e. The number of hydrazone groups is 1. The monoisotopic (exact) mass is 738 g/mol. The molecule has 2 heterocycles. The molecule has 4 saturated carbocycles. The van der Waals surface area contributed by atoms with Gasteiger partial charge in [-0.05, 0) is 86.9 Å². The van der Waals surface area contributed by atoms with E-state index >= 15 is 0 Å². The van der Waals surface area contributed by atoms with Gasteiger partial charge in [-0.3, -0.25) is 5.43 Å². The van der Waals surface area contributed by atoms with Gasteiger partial charge >= 0.3 is 5.97 Å². The fourth-order valence-electron chi connectivity index (χ4n) is 10.0. The number of fused-ring (bicyclic) bond motifs is 5. The van der Waals surface area contributed by atoms with Gasteiger partial charge in [0.25, 0.3) is 0 Å². The molecule has 0 aromatic heterocycles. The molecule has 4 aliphatic carbocycles. The van der Waals surface area contributed by atoms with Gasteiger partial charge in [-0.1, -0.05) is 6.92 Å². The van der Waals surface area contributed by atoms with Gasteiger partial charge in [0.05, 0.1) is 23.9 Å². The largest absolute Gasteiger partial charge is 0.458 e. The molecule has 13 atom stereocenters. The molecule has 0 aromatic rings. The van der Waals surface area contributed by atoms with Crippen LogP contribution in [0.25, 0.3) is 0 Å². The SMILES string of the molecule is C[C@]12CC[C@H]3[C@@H](CC[C@]4(O)C[C@@H](O[C@H]5O[C@H](CO)[C@@H](O)[C@H](O)[C@H]5O)CC[C@]34/C=N/NC(N)=S)[C@@]1(O)CC[C@@H]2C1=CC(=O)OC1.[99Tc]. The average molecular weight is 739 g/mol. The molecule has 0 bridgehead atoms. The van der Waals surface area contributed by atoms with Crippen LogP contribution in [0.4, 0.5) is 0 Å². The van der Waals surface area contributed by atoms with E-state index in [1.54, 1.807) is 12.3 Å². The molecule has 0 spiro atoms. The van der Waals surface area contributed by atoms with Gasteiger partial charge < -0.3 is 50.6 Å². The molecule has 6 rings (SSSR count). The van der Waals surface area contributed by atoms with Crippen LogP contribution < -0.4 is 11.2 Å². The maximum atomic E-state index is 12.6. The van der Waals surface area contributed by atoms with Crippen molar-refractivity contribution in [1.82, 2.24) is 5.43 Å². The van der Waals surface area contributed by atoms with Gasteiger partial charge in [-0.15, -0.1) is 0 Å². The predicted octanol–water partition coefficient (Wildman–Crippen LogP) is -0.660. The van der Waals surface area contributed by atoms with Crippen molar-refractivity contribution in [2.24, 2.45) is 39.4 Å². The number of hydrogen-bond acceptors (Lipinski definition) is 12. The van der Waals surface area contributed by atoms with Crippen LogP contribution in [0.1, 0.15) is 64.7 Å². The third-order valence-corrected chi connectivity index (χ3v) is 12.4. The Morgan fingerprint density at radius 2 is 1.84 bits per heavy atom. The second-order valence-corrected chi connectivity index (χ2v) is 14.5. The number of carbonyl (C=O) groups is 1. The molecule has 15 heteroatoms. The minimum absolute atomic E-state index is 0. The van der Waals surface area contributed by atoms with Crippen molar-refractivity contribution >= 4 is 29.5 Å². The van der Waals surface area contributed by atoms with Gasteiger partial charge in [0.2, 0.25) is 0 Å². The molecule has 1 radical (unpaired) electrons. The topological polar surface area (TPSA) is 217 Å². The Labute approximate surface area is 280 Å². The predicted molar refractivity (Wildman–Crippen MR) is 159 cm³/mol. The van der Waals surface area contributed by atoms with Crippen molar-refractivity contribution in [3.8, 4) is 0 Å². The first kappa shape index (κ1) is 35.2. The molecular formula is C30H45N3O10STc. The van der Waals surface area contributed by atoms with Gasteiger partial charge in [0.1, 0.15) is 31.0 Å². The van der Waals surface area contributed by atoms with E-state index < -0.39 is 65.4 Å². The number of thiocarbonyl (C=S) groups is 1. The van der Waals surface area contributed by atoms with Crippen LogP contribution in [0, 0.1) is 28.6 Å². The zero-order valence-electron chi connectivity index (χ0n) is 25.3. The Morgan fingerprint density at radius 1 is 1.11 bits per heavy atom. The number of ether oxygens (including phenoxy) is 3. The number of esters is 1. The molecule has 45 heavy (non-hydrogen) atoms. The molecule has 2 aliphatic heterocycles. The fourth-order valence-corrected chi connectivity index (χ4v) is 10.1. The van der Waals surface area contributed by atoms with E-state index in [0.29, 0.717) is 38.5 Å². The number of aliphatic hydroxyl groups is 6. The second kappa shape index (κ2) is 12.7. The first-order chi connectivity index (χ1) is 20.8. The van der Waals surface area contributed by atoms with E-state index in [-0.39, 0.29) is 62.0 Å². The number of carbonyl (C=O) groups excluding carboxylic acids is 1. The third-order valence-electron chi connectivity index (χ3n) is 12.3. The first-order valence-corrected chi connectivity index (χ1v) is 16.1. The normalized spacial score (nSPS) is 49.3. The first-order valence-electron chi connectivity index (χ1n) is 15.7. The van der Waals surface area contributed by atoms with E-state index in [1.165, 1.54) is 0 Å². The van der Waals surface area contributed by atoms with Crippen LogP contribution in [-0.2, 0) is 39.1 Å². The van der Waals surface area contributed by atoms with Crippen molar-refractivity contribution in [3.63, 3.8) is 0 Å². The molecule has 0 aromatic carbocycles. The molecule has 6 aliphatic rings. The average Bonchev–Trinajstić information content (AvgIpc) is 3.52. The van der Waals surface area contributed by atoms with Gasteiger partial charge in [0, 0.05) is 49.6 Å². The number of cyclic esters (lactones) is 1. The van der Waals surface area contributed by atoms with Gasteiger partial charge in [-0.2, -0.15) is 5.10 Å². The minimum atomic E-state index is -1.57. The maximum Gasteiger partial charge on any atom is 0.331 e. The van der Waals surface area contributed by atoms with Crippen LogP contribution in [0.5, 0.6) is 0 Å². The van der Waals surface area contributed by atoms with Crippen LogP contribution >= 0.6 is 12.2 Å². The number of nitrogens with one attached hydrogen (secondary N) is 1. The molecule has 13 nitrogen and oxygen atoms in total. The maximum absolute atomic E-state index is 12.6. The Hall–Kier alpha value is -1.10. The summed E-state index contributed by atoms with van der Waals surface area (Å²) < 4.78 is 16.9. The van der Waals surface area contributed by atoms with Crippen LogP contribution in [0.3, 0.4) is 0 Å². The zero-order chi connectivity index (χ0) is 31.7. The molecule has 0 amide bonds. The Kier molecular flexibility index (Phi) is 9.97. The quantitative estimate of drug-likeness (QED) is 0.0560. The second-order valence-electron chi connectivity index (χ2n) is 14.1. The van der Waals surface area contributed by atoms with Crippen molar-refractivity contribution in [3.05, 3.63) is 11.6 Å². The van der Waals surface area contributed by atoms with Crippen molar-refractivity contribution in [2.75, 3.05) is 13.2 Å². The van der Waals surface area contributed by atoms with Crippen LogP contribution in [-0.4, -0.2) is 109 Å². The number of nitrogens with two attached hydrogens (primary N) is 1.